The van der Waals surface area contributed by atoms with Gasteiger partial charge < -0.3 is 25.4 Å². The number of pyridine rings is 1. The summed E-state index contributed by atoms with van der Waals surface area (Å²) in [6, 6.07) is 14.9. The number of aromatic nitrogens is 2. The van der Waals surface area contributed by atoms with E-state index in [0.717, 1.165) is 0 Å². The lowest BCUT2D eigenvalue weighted by atomic mass is 10.1. The Balaban J connectivity index is 1.88. The van der Waals surface area contributed by atoms with Gasteiger partial charge in [-0.15, -0.1) is 0 Å². The average Bonchev–Trinajstić information content (AvgIpc) is 3.10. The lowest BCUT2D eigenvalue weighted by Gasteiger charge is -2.11. The van der Waals surface area contributed by atoms with Crippen LogP contribution in [0.4, 0.5) is 11.5 Å². The Labute approximate surface area is 165 Å². The lowest BCUT2D eigenvalue weighted by molar-refractivity contribution is 0.0601. The van der Waals surface area contributed by atoms with Crippen molar-refractivity contribution in [2.24, 2.45) is 0 Å². The zero-order valence-corrected chi connectivity index (χ0v) is 15.3. The number of phenolic OH excluding ortho intramolecular Hbond substituents is 3. The van der Waals surface area contributed by atoms with Crippen molar-refractivity contribution < 1.29 is 24.9 Å². The fourth-order valence-corrected chi connectivity index (χ4v) is 3.04. The number of aromatic hydroxyl groups is 3. The van der Waals surface area contributed by atoms with E-state index in [1.165, 1.54) is 19.2 Å². The maximum atomic E-state index is 11.8. The Hall–Kier alpha value is -4.20. The van der Waals surface area contributed by atoms with Gasteiger partial charge in [0.15, 0.2) is 11.5 Å². The minimum atomic E-state index is -0.627. The number of carbonyl (C=O) groups is 1. The molecule has 0 saturated carbocycles. The summed E-state index contributed by atoms with van der Waals surface area (Å²) in [4.78, 5) is 16.4. The zero-order chi connectivity index (χ0) is 20.5. The molecule has 2 aromatic heterocycles. The van der Waals surface area contributed by atoms with Crippen molar-refractivity contribution in [3.05, 3.63) is 66.4 Å². The van der Waals surface area contributed by atoms with E-state index in [4.69, 9.17) is 4.74 Å². The first-order valence-electron chi connectivity index (χ1n) is 8.66. The van der Waals surface area contributed by atoms with Gasteiger partial charge >= 0.3 is 5.97 Å². The second-order valence-corrected chi connectivity index (χ2v) is 6.26. The topological polar surface area (TPSA) is 116 Å². The van der Waals surface area contributed by atoms with Gasteiger partial charge in [0.25, 0.3) is 0 Å². The molecule has 4 rings (SSSR count). The van der Waals surface area contributed by atoms with Crippen LogP contribution in [-0.2, 0) is 4.74 Å². The summed E-state index contributed by atoms with van der Waals surface area (Å²) in [5, 5.41) is 33.1. The number of ether oxygens (including phenoxy) is 1. The summed E-state index contributed by atoms with van der Waals surface area (Å²) >= 11 is 0. The highest BCUT2D eigenvalue weighted by molar-refractivity contribution is 5.91. The predicted octanol–water partition coefficient (Wildman–Crippen LogP) is 3.65. The molecule has 2 aromatic carbocycles. The molecular formula is C21H17N3O5. The summed E-state index contributed by atoms with van der Waals surface area (Å²) in [6.45, 7) is 0. The number of benzene rings is 2. The van der Waals surface area contributed by atoms with Crippen LogP contribution < -0.4 is 5.32 Å². The first kappa shape index (κ1) is 18.2. The standard InChI is InChI=1S/C21H17N3O5/c1-29-21(28)12-5-4-6-13(11-12)22-20-17(23-16-7-2-3-10-24(16)20)14-8-9-15(25)19(27)18(14)26/h2-11,22,25-27H,1H3. The van der Waals surface area contributed by atoms with Gasteiger partial charge in [-0.25, -0.2) is 9.78 Å². The quantitative estimate of drug-likeness (QED) is 0.310. The van der Waals surface area contributed by atoms with E-state index in [-0.39, 0.29) is 5.56 Å². The van der Waals surface area contributed by atoms with Crippen LogP contribution in [0.15, 0.2) is 60.8 Å². The molecular weight excluding hydrogens is 374 g/mol. The van der Waals surface area contributed by atoms with Gasteiger partial charge in [0.2, 0.25) is 5.75 Å². The predicted molar refractivity (Wildman–Crippen MR) is 107 cm³/mol. The molecule has 146 valence electrons. The smallest absolute Gasteiger partial charge is 0.337 e. The van der Waals surface area contributed by atoms with E-state index in [1.54, 1.807) is 40.9 Å². The molecule has 0 bridgehead atoms. The summed E-state index contributed by atoms with van der Waals surface area (Å²) in [7, 11) is 1.31. The van der Waals surface area contributed by atoms with Crippen molar-refractivity contribution in [2.45, 2.75) is 0 Å². The molecule has 0 unspecified atom stereocenters. The second-order valence-electron chi connectivity index (χ2n) is 6.26. The third-order valence-corrected chi connectivity index (χ3v) is 4.46. The molecule has 0 aliphatic carbocycles. The number of rotatable bonds is 4. The van der Waals surface area contributed by atoms with Crippen LogP contribution in [0.1, 0.15) is 10.4 Å². The molecule has 0 atom stereocenters. The highest BCUT2D eigenvalue weighted by Gasteiger charge is 2.20. The normalized spacial score (nSPS) is 10.8. The van der Waals surface area contributed by atoms with Crippen LogP contribution in [0, 0.1) is 0 Å². The van der Waals surface area contributed by atoms with E-state index in [1.807, 2.05) is 12.1 Å². The summed E-state index contributed by atoms with van der Waals surface area (Å²) in [6.07, 6.45) is 1.79. The third kappa shape index (κ3) is 3.16. The number of nitrogens with one attached hydrogen (secondary N) is 1. The third-order valence-electron chi connectivity index (χ3n) is 4.46. The molecule has 8 heteroatoms. The van der Waals surface area contributed by atoms with E-state index >= 15 is 0 Å². The molecule has 0 saturated heterocycles. The number of carbonyl (C=O) groups excluding carboxylic acids is 1. The van der Waals surface area contributed by atoms with E-state index < -0.39 is 23.2 Å². The number of esters is 1. The van der Waals surface area contributed by atoms with Gasteiger partial charge in [-0.2, -0.15) is 0 Å². The molecule has 2 heterocycles. The Morgan fingerprint density at radius 3 is 2.66 bits per heavy atom. The molecule has 0 spiro atoms. The molecule has 0 aliphatic rings. The fourth-order valence-electron chi connectivity index (χ4n) is 3.04. The van der Waals surface area contributed by atoms with E-state index in [0.29, 0.717) is 28.4 Å². The van der Waals surface area contributed by atoms with Crippen molar-refractivity contribution in [1.82, 2.24) is 9.38 Å². The molecule has 0 radical (unpaired) electrons. The van der Waals surface area contributed by atoms with Gasteiger partial charge in [0.1, 0.15) is 17.2 Å². The minimum absolute atomic E-state index is 0.232. The van der Waals surface area contributed by atoms with Crippen molar-refractivity contribution in [2.75, 3.05) is 12.4 Å². The number of fused-ring (bicyclic) bond motifs is 1. The van der Waals surface area contributed by atoms with E-state index in [2.05, 4.69) is 10.3 Å². The number of hydrogen-bond acceptors (Lipinski definition) is 7. The summed E-state index contributed by atoms with van der Waals surface area (Å²) in [5.41, 5.74) is 2.16. The largest absolute Gasteiger partial charge is 0.504 e. The van der Waals surface area contributed by atoms with Crippen molar-refractivity contribution >= 4 is 23.1 Å². The van der Waals surface area contributed by atoms with Gasteiger partial charge in [-0.3, -0.25) is 4.40 Å². The van der Waals surface area contributed by atoms with Crippen LogP contribution in [0.25, 0.3) is 16.9 Å². The Morgan fingerprint density at radius 2 is 1.86 bits per heavy atom. The Morgan fingerprint density at radius 1 is 1.03 bits per heavy atom. The average molecular weight is 391 g/mol. The first-order chi connectivity index (χ1) is 14.0. The SMILES string of the molecule is COC(=O)c1cccc(Nc2c(-c3ccc(O)c(O)c3O)nc3ccccn23)c1. The van der Waals surface area contributed by atoms with Crippen LogP contribution in [0.3, 0.4) is 0 Å². The number of methoxy groups -OCH3 is 1. The molecule has 4 N–H and O–H groups in total. The van der Waals surface area contributed by atoms with Gasteiger partial charge in [-0.05, 0) is 42.5 Å². The van der Waals surface area contributed by atoms with Gasteiger partial charge in [-0.1, -0.05) is 12.1 Å². The van der Waals surface area contributed by atoms with Gasteiger partial charge in [0.05, 0.1) is 12.7 Å². The minimum Gasteiger partial charge on any atom is -0.504 e. The van der Waals surface area contributed by atoms with E-state index in [9.17, 15) is 20.1 Å². The maximum absolute atomic E-state index is 11.8. The summed E-state index contributed by atoms with van der Waals surface area (Å²) < 4.78 is 6.53. The zero-order valence-electron chi connectivity index (χ0n) is 15.3. The molecule has 29 heavy (non-hydrogen) atoms. The highest BCUT2D eigenvalue weighted by atomic mass is 16.5. The summed E-state index contributed by atoms with van der Waals surface area (Å²) in [5.74, 6) is -1.51. The maximum Gasteiger partial charge on any atom is 0.337 e. The molecule has 8 nitrogen and oxygen atoms in total. The van der Waals surface area contributed by atoms with Crippen molar-refractivity contribution in [1.29, 1.82) is 0 Å². The monoisotopic (exact) mass is 391 g/mol. The van der Waals surface area contributed by atoms with Crippen molar-refractivity contribution in [3.8, 4) is 28.5 Å². The second kappa shape index (κ2) is 7.08. The number of nitrogens with zero attached hydrogens (tertiary/aromatic N) is 2. The molecule has 0 amide bonds. The molecule has 4 aromatic rings. The van der Waals surface area contributed by atoms with Crippen LogP contribution in [-0.4, -0.2) is 37.8 Å². The van der Waals surface area contributed by atoms with Crippen LogP contribution >= 0.6 is 0 Å². The van der Waals surface area contributed by atoms with Gasteiger partial charge in [0, 0.05) is 17.4 Å². The van der Waals surface area contributed by atoms with Crippen LogP contribution in [0.5, 0.6) is 17.2 Å². The number of imidazole rings is 1. The van der Waals surface area contributed by atoms with Crippen LogP contribution in [0.2, 0.25) is 0 Å². The highest BCUT2D eigenvalue weighted by Crippen LogP contribution is 2.44. The number of anilines is 2. The van der Waals surface area contributed by atoms with Crippen molar-refractivity contribution in [3.63, 3.8) is 0 Å². The lowest BCUT2D eigenvalue weighted by Crippen LogP contribution is -2.02. The molecule has 0 fully saturated rings. The fraction of sp³-hybridized carbons (Fsp3) is 0.0476. The first-order valence-corrected chi connectivity index (χ1v) is 8.66. The number of hydrogen-bond donors (Lipinski definition) is 4. The Bertz CT molecular complexity index is 1230. The number of phenols is 3. The Kier molecular flexibility index (Phi) is 4.44. The molecule has 0 aliphatic heterocycles.